The van der Waals surface area contributed by atoms with Gasteiger partial charge in [-0.15, -0.1) is 0 Å². The number of H-pyrrole nitrogens is 1. The third-order valence-electron chi connectivity index (χ3n) is 5.67. The Kier molecular flexibility index (Phi) is 7.29. The van der Waals surface area contributed by atoms with Gasteiger partial charge in [-0.2, -0.15) is 0 Å². The van der Waals surface area contributed by atoms with Gasteiger partial charge in [-0.05, 0) is 66.5 Å². The summed E-state index contributed by atoms with van der Waals surface area (Å²) in [6.45, 7) is 2.31. The highest BCUT2D eigenvalue weighted by molar-refractivity contribution is 6.42. The summed E-state index contributed by atoms with van der Waals surface area (Å²) in [7, 11) is 0. The molecule has 1 unspecified atom stereocenters. The maximum Gasteiger partial charge on any atom is 0.303 e. The topological polar surface area (TPSA) is 91.4 Å². The summed E-state index contributed by atoms with van der Waals surface area (Å²) in [6, 6.07) is 10.9. The number of rotatable bonds is 8. The fourth-order valence-corrected chi connectivity index (χ4v) is 4.22. The summed E-state index contributed by atoms with van der Waals surface area (Å²) in [5.74, 6) is -0.308. The number of fused-ring (bicyclic) bond motifs is 1. The smallest absolute Gasteiger partial charge is 0.303 e. The predicted octanol–water partition coefficient (Wildman–Crippen LogP) is 5.86. The minimum absolute atomic E-state index is 0.103. The predicted molar refractivity (Wildman–Crippen MR) is 134 cm³/mol. The van der Waals surface area contributed by atoms with Crippen LogP contribution in [0.15, 0.2) is 60.2 Å². The lowest BCUT2D eigenvalue weighted by Gasteiger charge is -2.20. The van der Waals surface area contributed by atoms with Crippen LogP contribution in [0.4, 0.5) is 0 Å². The molecule has 0 radical (unpaired) electrons. The van der Waals surface area contributed by atoms with E-state index in [4.69, 9.17) is 33.0 Å². The number of aryl methyl sites for hydroxylation is 2. The number of nitrogens with one attached hydrogen (secondary N) is 2. The molecule has 0 aliphatic heterocycles. The molecule has 0 bridgehead atoms. The van der Waals surface area contributed by atoms with E-state index in [1.54, 1.807) is 18.2 Å². The first-order valence-corrected chi connectivity index (χ1v) is 11.7. The molecule has 1 aliphatic rings. The zero-order valence-corrected chi connectivity index (χ0v) is 20.0. The van der Waals surface area contributed by atoms with Crippen LogP contribution in [0.2, 0.25) is 10.0 Å². The average molecular weight is 499 g/mol. The van der Waals surface area contributed by atoms with E-state index in [0.717, 1.165) is 39.8 Å². The Labute approximate surface area is 207 Å². The van der Waals surface area contributed by atoms with Gasteiger partial charge >= 0.3 is 5.97 Å². The van der Waals surface area contributed by atoms with Crippen molar-refractivity contribution < 1.29 is 19.4 Å². The first-order chi connectivity index (χ1) is 16.3. The van der Waals surface area contributed by atoms with E-state index in [0.29, 0.717) is 28.7 Å². The van der Waals surface area contributed by atoms with Crippen molar-refractivity contribution in [1.82, 2.24) is 10.3 Å². The summed E-state index contributed by atoms with van der Waals surface area (Å²) in [5.41, 5.74) is 4.12. The number of aliphatic carboxylic acids is 1. The molecule has 176 valence electrons. The number of benzene rings is 2. The van der Waals surface area contributed by atoms with Crippen LogP contribution >= 0.6 is 23.2 Å². The summed E-state index contributed by atoms with van der Waals surface area (Å²) >= 11 is 12.1. The number of carbonyl (C=O) groups is 2. The first-order valence-electron chi connectivity index (χ1n) is 10.9. The summed E-state index contributed by atoms with van der Waals surface area (Å²) in [4.78, 5) is 26.5. The first kappa shape index (κ1) is 23.9. The third-order valence-corrected chi connectivity index (χ3v) is 6.39. The zero-order valence-electron chi connectivity index (χ0n) is 18.5. The monoisotopic (exact) mass is 498 g/mol. The van der Waals surface area contributed by atoms with E-state index in [1.165, 1.54) is 0 Å². The Morgan fingerprint density at radius 2 is 1.97 bits per heavy atom. The van der Waals surface area contributed by atoms with Gasteiger partial charge in [0.25, 0.3) is 5.91 Å². The van der Waals surface area contributed by atoms with Crippen molar-refractivity contribution in [1.29, 1.82) is 0 Å². The maximum absolute atomic E-state index is 12.6. The second kappa shape index (κ2) is 10.4. The Hall–Kier alpha value is -3.22. The molecule has 6 nitrogen and oxygen atoms in total. The van der Waals surface area contributed by atoms with Crippen molar-refractivity contribution in [2.24, 2.45) is 0 Å². The molecule has 0 saturated carbocycles. The van der Waals surface area contributed by atoms with Crippen LogP contribution in [0.25, 0.3) is 10.9 Å². The lowest BCUT2D eigenvalue weighted by molar-refractivity contribution is -0.136. The second-order valence-electron chi connectivity index (χ2n) is 8.24. The number of amides is 1. The largest absolute Gasteiger partial charge is 0.486 e. The lowest BCUT2D eigenvalue weighted by Crippen LogP contribution is -2.27. The maximum atomic E-state index is 12.6. The van der Waals surface area contributed by atoms with Crippen LogP contribution < -0.4 is 10.1 Å². The van der Waals surface area contributed by atoms with E-state index in [-0.39, 0.29) is 18.4 Å². The van der Waals surface area contributed by atoms with Crippen LogP contribution in [-0.4, -0.2) is 34.6 Å². The molecular formula is C26H24Cl2N2O4. The number of carbonyl (C=O) groups excluding carboxylic acids is 1. The van der Waals surface area contributed by atoms with Gasteiger partial charge in [-0.1, -0.05) is 41.4 Å². The number of ether oxygens (including phenoxy) is 1. The van der Waals surface area contributed by atoms with E-state index < -0.39 is 5.97 Å². The molecule has 34 heavy (non-hydrogen) atoms. The van der Waals surface area contributed by atoms with Crippen LogP contribution in [0.5, 0.6) is 5.75 Å². The van der Waals surface area contributed by atoms with Crippen molar-refractivity contribution in [2.75, 3.05) is 6.54 Å². The summed E-state index contributed by atoms with van der Waals surface area (Å²) < 4.78 is 6.11. The van der Waals surface area contributed by atoms with E-state index in [9.17, 15) is 9.59 Å². The Balaban J connectivity index is 1.36. The van der Waals surface area contributed by atoms with Crippen molar-refractivity contribution in [3.05, 3.63) is 87.1 Å². The molecule has 1 heterocycles. The number of halogens is 2. The Morgan fingerprint density at radius 3 is 2.74 bits per heavy atom. The molecule has 1 aromatic heterocycles. The van der Waals surface area contributed by atoms with Gasteiger partial charge in [0, 0.05) is 30.3 Å². The van der Waals surface area contributed by atoms with Gasteiger partial charge in [-0.3, -0.25) is 9.59 Å². The van der Waals surface area contributed by atoms with Crippen molar-refractivity contribution in [2.45, 2.75) is 32.3 Å². The van der Waals surface area contributed by atoms with Crippen molar-refractivity contribution in [3.8, 4) is 5.75 Å². The number of aromatic amines is 1. The highest BCUT2D eigenvalue weighted by Gasteiger charge is 2.15. The molecule has 1 amide bonds. The van der Waals surface area contributed by atoms with E-state index >= 15 is 0 Å². The minimum Gasteiger partial charge on any atom is -0.486 e. The molecular weight excluding hydrogens is 475 g/mol. The molecule has 1 aliphatic carbocycles. The van der Waals surface area contributed by atoms with Crippen molar-refractivity contribution in [3.63, 3.8) is 0 Å². The third kappa shape index (κ3) is 5.82. The van der Waals surface area contributed by atoms with Gasteiger partial charge in [0.1, 0.15) is 17.5 Å². The van der Waals surface area contributed by atoms with Gasteiger partial charge in [-0.25, -0.2) is 0 Å². The molecule has 0 saturated heterocycles. The fourth-order valence-electron chi connectivity index (χ4n) is 3.88. The highest BCUT2D eigenvalue weighted by atomic mass is 35.5. The summed E-state index contributed by atoms with van der Waals surface area (Å²) in [5, 5.41) is 13.5. The van der Waals surface area contributed by atoms with Gasteiger partial charge in [0.2, 0.25) is 0 Å². The molecule has 3 N–H and O–H groups in total. The zero-order chi connectivity index (χ0) is 24.2. The number of carboxylic acid groups (broad SMARTS) is 1. The molecule has 8 heteroatoms. The standard InChI is InChI=1S/C26H24Cl2N2O4/c1-15-9-20(7-5-17(15)6-8-25(31)32)34-19-4-2-3-16(10-19)14-29-26(33)24-12-18-11-21(27)22(28)13-23(18)30-24/h2-3,5,7,9-13,19,30H,4,6,8,14H2,1H3,(H,29,33)(H,31,32). The number of aromatic nitrogens is 1. The van der Waals surface area contributed by atoms with E-state index in [2.05, 4.69) is 10.3 Å². The number of carboxylic acids is 1. The van der Waals surface area contributed by atoms with Crippen LogP contribution in [0.3, 0.4) is 0 Å². The van der Waals surface area contributed by atoms with Gasteiger partial charge in [0.05, 0.1) is 10.0 Å². The quantitative estimate of drug-likeness (QED) is 0.362. The molecule has 0 fully saturated rings. The average Bonchev–Trinajstić information content (AvgIpc) is 3.20. The van der Waals surface area contributed by atoms with Gasteiger partial charge < -0.3 is 20.1 Å². The molecule has 2 aromatic carbocycles. The fraction of sp³-hybridized carbons (Fsp3) is 0.231. The van der Waals surface area contributed by atoms with Crippen molar-refractivity contribution >= 4 is 46.0 Å². The number of hydrogen-bond acceptors (Lipinski definition) is 3. The Morgan fingerprint density at radius 1 is 1.18 bits per heavy atom. The summed E-state index contributed by atoms with van der Waals surface area (Å²) in [6.07, 6.45) is 7.16. The lowest BCUT2D eigenvalue weighted by atomic mass is 10.0. The van der Waals surface area contributed by atoms with Crippen LogP contribution in [-0.2, 0) is 11.2 Å². The molecule has 0 spiro atoms. The van der Waals surface area contributed by atoms with Gasteiger partial charge in [0.15, 0.2) is 0 Å². The molecule has 4 rings (SSSR count). The molecule has 3 aromatic rings. The van der Waals surface area contributed by atoms with Crippen LogP contribution in [0, 0.1) is 6.92 Å². The second-order valence-corrected chi connectivity index (χ2v) is 9.05. The minimum atomic E-state index is -0.809. The SMILES string of the molecule is Cc1cc(OC2C=C(CNC(=O)c3cc4cc(Cl)c(Cl)cc4[nH]3)C=CC2)ccc1CCC(=O)O. The highest BCUT2D eigenvalue weighted by Crippen LogP contribution is 2.28. The Bertz CT molecular complexity index is 1270. The number of hydrogen-bond donors (Lipinski definition) is 3. The van der Waals surface area contributed by atoms with E-state index in [1.807, 2.05) is 43.4 Å². The normalized spacial score (nSPS) is 15.3. The van der Waals surface area contributed by atoms with Crippen LogP contribution in [0.1, 0.15) is 34.5 Å². The molecule has 1 atom stereocenters.